The van der Waals surface area contributed by atoms with Crippen molar-refractivity contribution in [1.82, 2.24) is 4.90 Å². The molecule has 2 rings (SSSR count). The van der Waals surface area contributed by atoms with Gasteiger partial charge in [0, 0.05) is 19.6 Å². The highest BCUT2D eigenvalue weighted by Crippen LogP contribution is 2.15. The number of carbonyl (C=O) groups excluding carboxylic acids is 1. The molecule has 0 aromatic heterocycles. The molecule has 0 aliphatic carbocycles. The zero-order valence-electron chi connectivity index (χ0n) is 12.4. The second-order valence-corrected chi connectivity index (χ2v) is 5.57. The van der Waals surface area contributed by atoms with Gasteiger partial charge >= 0.3 is 0 Å². The summed E-state index contributed by atoms with van der Waals surface area (Å²) in [7, 11) is 0. The van der Waals surface area contributed by atoms with Crippen molar-refractivity contribution in [3.05, 3.63) is 34.9 Å². The molecule has 0 bridgehead atoms. The molecular weight excluding hydrogens is 252 g/mol. The lowest BCUT2D eigenvalue weighted by Gasteiger charge is -2.30. The molecule has 1 aliphatic rings. The highest BCUT2D eigenvalue weighted by molar-refractivity contribution is 5.79. The normalized spacial score (nSPS) is 17.1. The SMILES string of the molecule is Cc1cc(C)cc(CC(CN)C(=O)N2CCOCC2)c1. The van der Waals surface area contributed by atoms with E-state index in [1.807, 2.05) is 4.90 Å². The van der Waals surface area contributed by atoms with E-state index in [4.69, 9.17) is 10.5 Å². The number of aryl methyl sites for hydroxylation is 2. The van der Waals surface area contributed by atoms with E-state index in [-0.39, 0.29) is 11.8 Å². The Morgan fingerprint density at radius 2 is 1.85 bits per heavy atom. The Kier molecular flexibility index (Phi) is 5.15. The number of carbonyl (C=O) groups is 1. The highest BCUT2D eigenvalue weighted by Gasteiger charge is 2.24. The van der Waals surface area contributed by atoms with E-state index < -0.39 is 0 Å². The summed E-state index contributed by atoms with van der Waals surface area (Å²) in [4.78, 5) is 14.4. The first-order chi connectivity index (χ1) is 9.60. The van der Waals surface area contributed by atoms with Crippen LogP contribution in [-0.4, -0.2) is 43.7 Å². The molecular formula is C16H24N2O2. The summed E-state index contributed by atoms with van der Waals surface area (Å²) in [6, 6.07) is 6.43. The van der Waals surface area contributed by atoms with Gasteiger partial charge in [0.1, 0.15) is 0 Å². The maximum Gasteiger partial charge on any atom is 0.227 e. The minimum absolute atomic E-state index is 0.130. The van der Waals surface area contributed by atoms with Gasteiger partial charge < -0.3 is 15.4 Å². The molecule has 0 saturated carbocycles. The van der Waals surface area contributed by atoms with Crippen molar-refractivity contribution in [1.29, 1.82) is 0 Å². The maximum absolute atomic E-state index is 12.5. The van der Waals surface area contributed by atoms with Gasteiger partial charge in [-0.2, -0.15) is 0 Å². The standard InChI is InChI=1S/C16H24N2O2/c1-12-7-13(2)9-14(8-12)10-15(11-17)16(19)18-3-5-20-6-4-18/h7-9,15H,3-6,10-11,17H2,1-2H3. The summed E-state index contributed by atoms with van der Waals surface area (Å²) in [6.45, 7) is 7.18. The summed E-state index contributed by atoms with van der Waals surface area (Å²) < 4.78 is 5.29. The lowest BCUT2D eigenvalue weighted by molar-refractivity contribution is -0.139. The molecule has 1 aromatic carbocycles. The molecule has 1 aromatic rings. The minimum Gasteiger partial charge on any atom is -0.378 e. The number of hydrogen-bond donors (Lipinski definition) is 1. The number of morpholine rings is 1. The fourth-order valence-corrected chi connectivity index (χ4v) is 2.78. The number of amides is 1. The van der Waals surface area contributed by atoms with Crippen LogP contribution in [0.3, 0.4) is 0 Å². The van der Waals surface area contributed by atoms with Crippen molar-refractivity contribution in [2.45, 2.75) is 20.3 Å². The van der Waals surface area contributed by atoms with E-state index in [1.165, 1.54) is 16.7 Å². The van der Waals surface area contributed by atoms with Crippen molar-refractivity contribution < 1.29 is 9.53 Å². The number of benzene rings is 1. The Labute approximate surface area is 120 Å². The van der Waals surface area contributed by atoms with Gasteiger partial charge in [0.2, 0.25) is 5.91 Å². The van der Waals surface area contributed by atoms with Crippen LogP contribution < -0.4 is 5.73 Å². The zero-order valence-corrected chi connectivity index (χ0v) is 12.4. The molecule has 110 valence electrons. The Bertz CT molecular complexity index is 447. The molecule has 2 N–H and O–H groups in total. The minimum atomic E-state index is -0.130. The molecule has 1 saturated heterocycles. The van der Waals surface area contributed by atoms with Crippen LogP contribution in [0.1, 0.15) is 16.7 Å². The average molecular weight is 276 g/mol. The molecule has 1 heterocycles. The number of ether oxygens (including phenoxy) is 1. The molecule has 4 heteroatoms. The quantitative estimate of drug-likeness (QED) is 0.901. The van der Waals surface area contributed by atoms with E-state index >= 15 is 0 Å². The third-order valence-corrected chi connectivity index (χ3v) is 3.72. The molecule has 1 aliphatic heterocycles. The van der Waals surface area contributed by atoms with Gasteiger partial charge in [-0.05, 0) is 25.8 Å². The number of hydrogen-bond acceptors (Lipinski definition) is 3. The largest absolute Gasteiger partial charge is 0.378 e. The van der Waals surface area contributed by atoms with Gasteiger partial charge in [-0.15, -0.1) is 0 Å². The first-order valence-electron chi connectivity index (χ1n) is 7.24. The lowest BCUT2D eigenvalue weighted by atomic mass is 9.95. The Balaban J connectivity index is 2.05. The van der Waals surface area contributed by atoms with Crippen LogP contribution in [0.4, 0.5) is 0 Å². The van der Waals surface area contributed by atoms with E-state index in [9.17, 15) is 4.79 Å². The molecule has 1 atom stereocenters. The summed E-state index contributed by atoms with van der Waals surface area (Å²) in [5.41, 5.74) is 9.48. The molecule has 20 heavy (non-hydrogen) atoms. The fraction of sp³-hybridized carbons (Fsp3) is 0.562. The van der Waals surface area contributed by atoms with E-state index in [0.717, 1.165) is 6.42 Å². The highest BCUT2D eigenvalue weighted by atomic mass is 16.5. The van der Waals surface area contributed by atoms with Crippen LogP contribution in [0, 0.1) is 19.8 Å². The maximum atomic E-state index is 12.5. The summed E-state index contributed by atoms with van der Waals surface area (Å²) >= 11 is 0. The number of nitrogens with zero attached hydrogens (tertiary/aromatic N) is 1. The van der Waals surface area contributed by atoms with Crippen LogP contribution in [0.2, 0.25) is 0 Å². The fourth-order valence-electron chi connectivity index (χ4n) is 2.78. The molecule has 4 nitrogen and oxygen atoms in total. The van der Waals surface area contributed by atoms with Crippen LogP contribution in [0.25, 0.3) is 0 Å². The second-order valence-electron chi connectivity index (χ2n) is 5.57. The average Bonchev–Trinajstić information content (AvgIpc) is 2.44. The predicted molar refractivity (Wildman–Crippen MR) is 79.6 cm³/mol. The van der Waals surface area contributed by atoms with Crippen molar-refractivity contribution in [3.63, 3.8) is 0 Å². The zero-order chi connectivity index (χ0) is 14.5. The third kappa shape index (κ3) is 3.81. The Hall–Kier alpha value is -1.39. The number of nitrogens with two attached hydrogens (primary N) is 1. The number of rotatable bonds is 4. The summed E-state index contributed by atoms with van der Waals surface area (Å²) in [6.07, 6.45) is 0.717. The lowest BCUT2D eigenvalue weighted by Crippen LogP contribution is -2.46. The smallest absolute Gasteiger partial charge is 0.227 e. The first-order valence-corrected chi connectivity index (χ1v) is 7.24. The Morgan fingerprint density at radius 3 is 2.40 bits per heavy atom. The van der Waals surface area contributed by atoms with E-state index in [0.29, 0.717) is 32.8 Å². The van der Waals surface area contributed by atoms with Gasteiger partial charge in [0.25, 0.3) is 0 Å². The van der Waals surface area contributed by atoms with Crippen LogP contribution >= 0.6 is 0 Å². The van der Waals surface area contributed by atoms with Gasteiger partial charge in [0.05, 0.1) is 19.1 Å². The monoisotopic (exact) mass is 276 g/mol. The van der Waals surface area contributed by atoms with Crippen LogP contribution in [0.15, 0.2) is 18.2 Å². The summed E-state index contributed by atoms with van der Waals surface area (Å²) in [5.74, 6) is 0.0317. The molecule has 1 fully saturated rings. The van der Waals surface area contributed by atoms with Crippen LogP contribution in [0.5, 0.6) is 0 Å². The van der Waals surface area contributed by atoms with Crippen molar-refractivity contribution in [2.24, 2.45) is 11.7 Å². The molecule has 1 amide bonds. The third-order valence-electron chi connectivity index (χ3n) is 3.72. The predicted octanol–water partition coefficient (Wildman–Crippen LogP) is 1.28. The Morgan fingerprint density at radius 1 is 1.25 bits per heavy atom. The molecule has 1 unspecified atom stereocenters. The van der Waals surface area contributed by atoms with Crippen molar-refractivity contribution >= 4 is 5.91 Å². The van der Waals surface area contributed by atoms with Crippen LogP contribution in [-0.2, 0) is 16.0 Å². The molecule has 0 spiro atoms. The topological polar surface area (TPSA) is 55.6 Å². The van der Waals surface area contributed by atoms with Gasteiger partial charge in [-0.3, -0.25) is 4.79 Å². The van der Waals surface area contributed by atoms with Crippen molar-refractivity contribution in [2.75, 3.05) is 32.8 Å². The van der Waals surface area contributed by atoms with Gasteiger partial charge in [0.15, 0.2) is 0 Å². The van der Waals surface area contributed by atoms with Gasteiger partial charge in [-0.1, -0.05) is 29.3 Å². The van der Waals surface area contributed by atoms with Crippen molar-refractivity contribution in [3.8, 4) is 0 Å². The second kappa shape index (κ2) is 6.86. The molecule has 0 radical (unpaired) electrons. The van der Waals surface area contributed by atoms with Gasteiger partial charge in [-0.25, -0.2) is 0 Å². The van der Waals surface area contributed by atoms with E-state index in [2.05, 4.69) is 32.0 Å². The summed E-state index contributed by atoms with van der Waals surface area (Å²) in [5, 5.41) is 0. The first kappa shape index (κ1) is 15.0. The van der Waals surface area contributed by atoms with E-state index in [1.54, 1.807) is 0 Å².